The van der Waals surface area contributed by atoms with Gasteiger partial charge >= 0.3 is 0 Å². The van der Waals surface area contributed by atoms with E-state index in [1.165, 1.54) is 16.4 Å². The van der Waals surface area contributed by atoms with Crippen molar-refractivity contribution in [3.8, 4) is 17.1 Å². The molecule has 2 aromatic heterocycles. The van der Waals surface area contributed by atoms with E-state index in [0.29, 0.717) is 16.8 Å². The van der Waals surface area contributed by atoms with Gasteiger partial charge in [-0.3, -0.25) is 4.79 Å². The summed E-state index contributed by atoms with van der Waals surface area (Å²) in [7, 11) is 1.61. The van der Waals surface area contributed by atoms with E-state index >= 15 is 0 Å². The van der Waals surface area contributed by atoms with E-state index in [1.807, 2.05) is 38.1 Å². The lowest BCUT2D eigenvalue weighted by Gasteiger charge is -2.14. The molecule has 0 aliphatic rings. The number of nitrogens with zero attached hydrogens (tertiary/aromatic N) is 5. The number of ether oxygens (including phenoxy) is 1. The molecule has 3 N–H and O–H groups in total. The van der Waals surface area contributed by atoms with E-state index in [0.717, 1.165) is 11.3 Å². The lowest BCUT2D eigenvalue weighted by molar-refractivity contribution is -0.115. The molecular weight excluding hydrogens is 378 g/mol. The molecule has 0 radical (unpaired) electrons. The quantitative estimate of drug-likeness (QED) is 0.462. The molecule has 0 unspecified atom stereocenters. The summed E-state index contributed by atoms with van der Waals surface area (Å²) in [4.78, 5) is 12.6. The summed E-state index contributed by atoms with van der Waals surface area (Å²) in [6, 6.07) is 9.26. The third kappa shape index (κ3) is 4.11. The molecule has 3 rings (SSSR count). The molecule has 3 aromatic rings. The lowest BCUT2D eigenvalue weighted by Crippen LogP contribution is -2.25. The third-order valence-corrected chi connectivity index (χ3v) is 5.13. The van der Waals surface area contributed by atoms with Crippen molar-refractivity contribution in [2.24, 2.45) is 0 Å². The Balaban J connectivity index is 1.70. The molecule has 148 valence electrons. The first-order valence-electron chi connectivity index (χ1n) is 8.76. The van der Waals surface area contributed by atoms with Crippen LogP contribution >= 0.6 is 11.8 Å². The zero-order chi connectivity index (χ0) is 20.3. The van der Waals surface area contributed by atoms with Crippen molar-refractivity contribution in [2.45, 2.75) is 37.2 Å². The Morgan fingerprint density at radius 2 is 1.89 bits per heavy atom. The minimum atomic E-state index is -0.425. The smallest absolute Gasteiger partial charge is 0.238 e. The first kappa shape index (κ1) is 19.7. The van der Waals surface area contributed by atoms with Gasteiger partial charge in [0.25, 0.3) is 0 Å². The van der Waals surface area contributed by atoms with Crippen LogP contribution < -0.4 is 15.9 Å². The summed E-state index contributed by atoms with van der Waals surface area (Å²) in [5.41, 5.74) is 0.806. The second kappa shape index (κ2) is 8.34. The molecule has 9 nitrogen and oxygen atoms in total. The highest BCUT2D eigenvalue weighted by Crippen LogP contribution is 2.26. The van der Waals surface area contributed by atoms with Crippen LogP contribution in [0.5, 0.6) is 5.75 Å². The van der Waals surface area contributed by atoms with Crippen LogP contribution in [0.4, 0.5) is 5.82 Å². The molecule has 0 aliphatic heterocycles. The summed E-state index contributed by atoms with van der Waals surface area (Å²) in [6.07, 6.45) is 1.66. The Morgan fingerprint density at radius 3 is 2.54 bits per heavy atom. The van der Waals surface area contributed by atoms with Crippen LogP contribution in [-0.2, 0) is 4.79 Å². The number of nitrogens with two attached hydrogens (primary N) is 1. The van der Waals surface area contributed by atoms with Gasteiger partial charge in [-0.25, -0.2) is 9.36 Å². The number of nitrogens with one attached hydrogen (secondary N) is 1. The second-order valence-corrected chi connectivity index (χ2v) is 7.72. The topological polar surface area (TPSA) is 113 Å². The monoisotopic (exact) mass is 401 g/mol. The Hall–Kier alpha value is -3.01. The van der Waals surface area contributed by atoms with Gasteiger partial charge in [0.1, 0.15) is 11.6 Å². The minimum Gasteiger partial charge on any atom is -0.497 e. The van der Waals surface area contributed by atoms with Gasteiger partial charge < -0.3 is 15.9 Å². The van der Waals surface area contributed by atoms with Crippen LogP contribution in [0.25, 0.3) is 11.4 Å². The van der Waals surface area contributed by atoms with Crippen LogP contribution in [0.3, 0.4) is 0 Å². The van der Waals surface area contributed by atoms with E-state index in [-0.39, 0.29) is 11.9 Å². The molecular formula is C18H23N7O2S. The van der Waals surface area contributed by atoms with Crippen molar-refractivity contribution >= 4 is 23.5 Å². The van der Waals surface area contributed by atoms with Crippen molar-refractivity contribution in [2.75, 3.05) is 18.3 Å². The molecule has 0 saturated carbocycles. The molecule has 0 saturated heterocycles. The van der Waals surface area contributed by atoms with Crippen molar-refractivity contribution < 1.29 is 9.53 Å². The van der Waals surface area contributed by atoms with Crippen molar-refractivity contribution in [3.63, 3.8) is 0 Å². The fraction of sp³-hybridized carbons (Fsp3) is 0.333. The molecule has 28 heavy (non-hydrogen) atoms. The van der Waals surface area contributed by atoms with Crippen LogP contribution in [-0.4, -0.2) is 42.9 Å². The predicted octanol–water partition coefficient (Wildman–Crippen LogP) is 2.56. The predicted molar refractivity (Wildman–Crippen MR) is 109 cm³/mol. The number of carbonyl (C=O) groups excluding carboxylic acids is 1. The van der Waals surface area contributed by atoms with Crippen LogP contribution in [0.2, 0.25) is 0 Å². The summed E-state index contributed by atoms with van der Waals surface area (Å²) in [6.45, 7) is 5.79. The summed E-state index contributed by atoms with van der Waals surface area (Å²) in [5, 5.41) is 15.4. The van der Waals surface area contributed by atoms with Gasteiger partial charge in [-0.1, -0.05) is 11.8 Å². The van der Waals surface area contributed by atoms with E-state index < -0.39 is 5.25 Å². The molecule has 0 aliphatic carbocycles. The highest BCUT2D eigenvalue weighted by molar-refractivity contribution is 8.00. The average Bonchev–Trinajstić information content (AvgIpc) is 3.29. The summed E-state index contributed by atoms with van der Waals surface area (Å²) >= 11 is 1.24. The molecule has 0 fully saturated rings. The normalized spacial score (nSPS) is 12.2. The Labute approximate surface area is 167 Å². The van der Waals surface area contributed by atoms with Crippen molar-refractivity contribution in [3.05, 3.63) is 36.5 Å². The third-order valence-electron chi connectivity index (χ3n) is 4.07. The largest absolute Gasteiger partial charge is 0.497 e. The molecule has 1 atom stereocenters. The summed E-state index contributed by atoms with van der Waals surface area (Å²) in [5.74, 6) is 7.89. The molecule has 1 aromatic carbocycles. The van der Waals surface area contributed by atoms with Crippen LogP contribution in [0, 0.1) is 0 Å². The SMILES string of the molecule is COc1ccc(-c2nnc(S[C@H](C)C(=O)Nc3ccnn3C(C)C)n2N)cc1. The van der Waals surface area contributed by atoms with Gasteiger partial charge in [0.05, 0.1) is 18.6 Å². The number of amides is 1. The van der Waals surface area contributed by atoms with Crippen molar-refractivity contribution in [1.82, 2.24) is 24.7 Å². The van der Waals surface area contributed by atoms with E-state index in [2.05, 4.69) is 20.6 Å². The maximum absolute atomic E-state index is 12.6. The lowest BCUT2D eigenvalue weighted by atomic mass is 10.2. The fourth-order valence-electron chi connectivity index (χ4n) is 2.56. The molecule has 0 bridgehead atoms. The highest BCUT2D eigenvalue weighted by atomic mass is 32.2. The van der Waals surface area contributed by atoms with Gasteiger partial charge in [-0.05, 0) is 45.0 Å². The molecule has 10 heteroatoms. The zero-order valence-corrected chi connectivity index (χ0v) is 17.0. The Bertz CT molecular complexity index is 949. The number of nitrogen functional groups attached to an aromatic ring is 1. The summed E-state index contributed by atoms with van der Waals surface area (Å²) < 4.78 is 8.29. The number of aromatic nitrogens is 5. The first-order valence-corrected chi connectivity index (χ1v) is 9.64. The molecule has 1 amide bonds. The second-order valence-electron chi connectivity index (χ2n) is 6.41. The van der Waals surface area contributed by atoms with Gasteiger partial charge in [0.15, 0.2) is 5.82 Å². The number of hydrogen-bond acceptors (Lipinski definition) is 7. The highest BCUT2D eigenvalue weighted by Gasteiger charge is 2.21. The van der Waals surface area contributed by atoms with E-state index in [4.69, 9.17) is 10.6 Å². The van der Waals surface area contributed by atoms with E-state index in [1.54, 1.807) is 31.0 Å². The van der Waals surface area contributed by atoms with E-state index in [9.17, 15) is 4.79 Å². The standard InChI is InChI=1S/C18H23N7O2S/c1-11(2)25-15(9-10-20-25)21-17(26)12(3)28-18-23-22-16(24(18)19)13-5-7-14(27-4)8-6-13/h5-12H,19H2,1-4H3,(H,21,26)/t12-/m1/s1. The molecule has 2 heterocycles. The number of hydrogen-bond donors (Lipinski definition) is 2. The maximum Gasteiger partial charge on any atom is 0.238 e. The van der Waals surface area contributed by atoms with Crippen molar-refractivity contribution in [1.29, 1.82) is 0 Å². The number of anilines is 1. The number of methoxy groups -OCH3 is 1. The number of thioether (sulfide) groups is 1. The first-order chi connectivity index (χ1) is 13.4. The number of rotatable bonds is 7. The Kier molecular flexibility index (Phi) is 5.88. The van der Waals surface area contributed by atoms with Gasteiger partial charge in [-0.15, -0.1) is 10.2 Å². The number of benzene rings is 1. The maximum atomic E-state index is 12.6. The van der Waals surface area contributed by atoms with Gasteiger partial charge in [0, 0.05) is 17.7 Å². The van der Waals surface area contributed by atoms with Gasteiger partial charge in [-0.2, -0.15) is 5.10 Å². The minimum absolute atomic E-state index is 0.146. The fourth-order valence-corrected chi connectivity index (χ4v) is 3.33. The van der Waals surface area contributed by atoms with Crippen LogP contribution in [0.1, 0.15) is 26.8 Å². The van der Waals surface area contributed by atoms with Crippen LogP contribution in [0.15, 0.2) is 41.7 Å². The number of carbonyl (C=O) groups is 1. The zero-order valence-electron chi connectivity index (χ0n) is 16.2. The molecule has 0 spiro atoms. The Morgan fingerprint density at radius 1 is 1.18 bits per heavy atom. The average molecular weight is 401 g/mol. The van der Waals surface area contributed by atoms with Gasteiger partial charge in [0.2, 0.25) is 11.1 Å².